The van der Waals surface area contributed by atoms with Gasteiger partial charge in [0, 0.05) is 12.2 Å². The Kier molecular flexibility index (Phi) is 5.91. The Labute approximate surface area is 146 Å². The molecule has 0 aromatic heterocycles. The lowest BCUT2D eigenvalue weighted by Crippen LogP contribution is -2.46. The molecule has 26 heavy (non-hydrogen) atoms. The van der Waals surface area contributed by atoms with Crippen LogP contribution >= 0.6 is 0 Å². The van der Waals surface area contributed by atoms with Gasteiger partial charge in [0.1, 0.15) is 0 Å². The van der Waals surface area contributed by atoms with Gasteiger partial charge in [-0.3, -0.25) is 14.3 Å². The normalized spacial score (nSPS) is 29.7. The van der Waals surface area contributed by atoms with Gasteiger partial charge in [0.15, 0.2) is 6.10 Å². The maximum Gasteiger partial charge on any atom is 0.453 e. The summed E-state index contributed by atoms with van der Waals surface area (Å²) in [6, 6.07) is 0. The van der Waals surface area contributed by atoms with Gasteiger partial charge in [0.2, 0.25) is 12.2 Å². The second-order valence-corrected chi connectivity index (χ2v) is 5.47. The fraction of sp³-hybridized carbons (Fsp3) is 0.533. The van der Waals surface area contributed by atoms with Crippen LogP contribution in [0.1, 0.15) is 12.8 Å². The zero-order valence-corrected chi connectivity index (χ0v) is 13.4. The van der Waals surface area contributed by atoms with Gasteiger partial charge in [0.05, 0.1) is 26.1 Å². The highest BCUT2D eigenvalue weighted by Crippen LogP contribution is 2.41. The molecule has 0 aromatic rings. The standard InChI is InChI=1S/C15H15NO10/c1-16-15-9(26-13(22)5-3-11(19)20)7-23-14(15)8(6-24-15)25-12(21)4-2-10(17)18/h1,3,5,8-9,14H,2,4,6-7H2,(H-,17,18,19,20)/p+1/b5-3-/t8-,9+,14-,15-/m1/s1. The predicted octanol–water partition coefficient (Wildman–Crippen LogP) is -0.596. The van der Waals surface area contributed by atoms with Gasteiger partial charge >= 0.3 is 29.6 Å². The number of carbonyl (C=O) groups excluding carboxylic acids is 2. The lowest BCUT2D eigenvalue weighted by molar-refractivity contribution is -0.156. The molecule has 2 heterocycles. The fourth-order valence-corrected chi connectivity index (χ4v) is 2.63. The minimum atomic E-state index is -1.61. The third kappa shape index (κ3) is 4.16. The number of esters is 2. The van der Waals surface area contributed by atoms with Crippen LogP contribution in [0.25, 0.3) is 4.85 Å². The van der Waals surface area contributed by atoms with Crippen LogP contribution < -0.4 is 0 Å². The summed E-state index contributed by atoms with van der Waals surface area (Å²) >= 11 is 0. The first kappa shape index (κ1) is 19.4. The molecule has 11 heteroatoms. The van der Waals surface area contributed by atoms with Crippen molar-refractivity contribution in [1.29, 1.82) is 0 Å². The van der Waals surface area contributed by atoms with E-state index >= 15 is 0 Å². The first-order valence-electron chi connectivity index (χ1n) is 7.49. The lowest BCUT2D eigenvalue weighted by atomic mass is 10.0. The van der Waals surface area contributed by atoms with E-state index in [2.05, 4.69) is 4.85 Å². The van der Waals surface area contributed by atoms with Crippen molar-refractivity contribution >= 4 is 23.9 Å². The zero-order chi connectivity index (χ0) is 19.3. The molecule has 4 atom stereocenters. The average molecular weight is 370 g/mol. The Bertz CT molecular complexity index is 680. The molecule has 0 aliphatic carbocycles. The van der Waals surface area contributed by atoms with E-state index in [-0.39, 0.29) is 26.1 Å². The van der Waals surface area contributed by atoms with Crippen LogP contribution in [-0.2, 0) is 38.1 Å². The smallest absolute Gasteiger partial charge is 0.453 e. The van der Waals surface area contributed by atoms with Gasteiger partial charge in [-0.05, 0) is 4.85 Å². The summed E-state index contributed by atoms with van der Waals surface area (Å²) in [6.45, 7) is 5.07. The summed E-state index contributed by atoms with van der Waals surface area (Å²) in [5, 5.41) is 17.1. The van der Waals surface area contributed by atoms with Gasteiger partial charge < -0.3 is 24.4 Å². The van der Waals surface area contributed by atoms with Crippen LogP contribution in [0, 0.1) is 6.57 Å². The molecule has 0 spiro atoms. The van der Waals surface area contributed by atoms with Gasteiger partial charge in [0.25, 0.3) is 6.57 Å². The Morgan fingerprint density at radius 3 is 2.50 bits per heavy atom. The van der Waals surface area contributed by atoms with Crippen molar-refractivity contribution in [2.75, 3.05) is 13.2 Å². The van der Waals surface area contributed by atoms with Crippen LogP contribution in [0.5, 0.6) is 0 Å². The van der Waals surface area contributed by atoms with E-state index in [4.69, 9.17) is 35.7 Å². The molecule has 2 fully saturated rings. The Balaban J connectivity index is 2.01. The molecule has 2 N–H and O–H groups in total. The van der Waals surface area contributed by atoms with E-state index in [0.29, 0.717) is 12.2 Å². The molecule has 2 rings (SSSR count). The number of aliphatic carboxylic acids is 2. The van der Waals surface area contributed by atoms with Crippen molar-refractivity contribution in [2.45, 2.75) is 36.9 Å². The summed E-state index contributed by atoms with van der Waals surface area (Å²) in [5.74, 6) is -4.20. The molecule has 11 nitrogen and oxygen atoms in total. The number of carbonyl (C=O) groups is 4. The van der Waals surface area contributed by atoms with E-state index in [1.165, 1.54) is 0 Å². The highest BCUT2D eigenvalue weighted by Gasteiger charge is 2.72. The van der Waals surface area contributed by atoms with Crippen LogP contribution in [0.15, 0.2) is 12.2 Å². The SMILES string of the molecule is C#[N+][C@]12OC[C@@H](OC(=O)CCC(=O)O)[C@H]1OC[C@@H]2OC(=O)/C=C\C(=O)O. The molecule has 2 aliphatic heterocycles. The van der Waals surface area contributed by atoms with Gasteiger partial charge in [-0.1, -0.05) is 0 Å². The number of fused-ring (bicyclic) bond motifs is 1. The number of hydrogen-bond acceptors (Lipinski definition) is 8. The highest BCUT2D eigenvalue weighted by molar-refractivity contribution is 5.90. The quantitative estimate of drug-likeness (QED) is 0.439. The minimum absolute atomic E-state index is 0.150. The molecule has 2 saturated heterocycles. The molecular formula is C15H16NO10+. The zero-order valence-electron chi connectivity index (χ0n) is 13.4. The molecule has 0 radical (unpaired) electrons. The highest BCUT2D eigenvalue weighted by atomic mass is 16.7. The Hall–Kier alpha value is -2.97. The summed E-state index contributed by atoms with van der Waals surface area (Å²) in [5.41, 5.74) is -1.61. The molecular weight excluding hydrogens is 354 g/mol. The maximum absolute atomic E-state index is 11.7. The molecule has 2 aliphatic rings. The van der Waals surface area contributed by atoms with E-state index in [9.17, 15) is 19.2 Å². The topological polar surface area (TPSA) is 150 Å². The number of rotatable bonds is 7. The third-order valence-corrected chi connectivity index (χ3v) is 3.76. The van der Waals surface area contributed by atoms with Crippen molar-refractivity contribution in [3.8, 4) is 6.57 Å². The van der Waals surface area contributed by atoms with E-state index < -0.39 is 47.9 Å². The van der Waals surface area contributed by atoms with Crippen LogP contribution in [0.3, 0.4) is 0 Å². The van der Waals surface area contributed by atoms with Crippen molar-refractivity contribution in [3.05, 3.63) is 17.0 Å². The van der Waals surface area contributed by atoms with Crippen molar-refractivity contribution in [1.82, 2.24) is 0 Å². The van der Waals surface area contributed by atoms with E-state index in [1.54, 1.807) is 0 Å². The van der Waals surface area contributed by atoms with Crippen molar-refractivity contribution in [3.63, 3.8) is 0 Å². The first-order chi connectivity index (χ1) is 12.3. The van der Waals surface area contributed by atoms with Crippen LogP contribution in [0.2, 0.25) is 0 Å². The second-order valence-electron chi connectivity index (χ2n) is 5.47. The molecule has 0 amide bonds. The Morgan fingerprint density at radius 2 is 1.88 bits per heavy atom. The summed E-state index contributed by atoms with van der Waals surface area (Å²) in [7, 11) is 0. The largest absolute Gasteiger partial charge is 0.481 e. The number of hydrogen-bond donors (Lipinski definition) is 2. The summed E-state index contributed by atoms with van der Waals surface area (Å²) < 4.78 is 21.1. The molecule has 0 saturated carbocycles. The van der Waals surface area contributed by atoms with Gasteiger partial charge in [-0.25, -0.2) is 9.59 Å². The van der Waals surface area contributed by atoms with Crippen LogP contribution in [0.4, 0.5) is 0 Å². The van der Waals surface area contributed by atoms with Gasteiger partial charge in [-0.15, -0.1) is 0 Å². The molecule has 0 bridgehead atoms. The number of ether oxygens (including phenoxy) is 4. The van der Waals surface area contributed by atoms with Crippen molar-refractivity contribution in [2.24, 2.45) is 0 Å². The fourth-order valence-electron chi connectivity index (χ4n) is 2.63. The average Bonchev–Trinajstić information content (AvgIpc) is 3.10. The number of carboxylic acid groups (broad SMARTS) is 2. The minimum Gasteiger partial charge on any atom is -0.481 e. The molecule has 0 aromatic carbocycles. The summed E-state index contributed by atoms with van der Waals surface area (Å²) in [4.78, 5) is 47.8. The van der Waals surface area contributed by atoms with E-state index in [0.717, 1.165) is 0 Å². The Morgan fingerprint density at radius 1 is 1.15 bits per heavy atom. The number of nitrogens with zero attached hydrogens (tertiary/aromatic N) is 1. The van der Waals surface area contributed by atoms with E-state index in [1.807, 2.05) is 0 Å². The summed E-state index contributed by atoms with van der Waals surface area (Å²) in [6.07, 6.45) is -2.36. The number of carboxylic acids is 2. The lowest BCUT2D eigenvalue weighted by Gasteiger charge is -2.17. The molecule has 140 valence electrons. The van der Waals surface area contributed by atoms with Gasteiger partial charge in [-0.2, -0.15) is 0 Å². The third-order valence-electron chi connectivity index (χ3n) is 3.76. The van der Waals surface area contributed by atoms with Crippen LogP contribution in [-0.4, -0.2) is 71.3 Å². The first-order valence-corrected chi connectivity index (χ1v) is 7.49. The monoisotopic (exact) mass is 370 g/mol. The molecule has 0 unspecified atom stereocenters. The predicted molar refractivity (Wildman–Crippen MR) is 80.1 cm³/mol. The van der Waals surface area contributed by atoms with Crippen molar-refractivity contribution < 1.29 is 48.3 Å². The second kappa shape index (κ2) is 7.94. The maximum atomic E-state index is 11.7.